The number of rotatable bonds is 6. The molecule has 4 aromatic rings. The average Bonchev–Trinajstić information content (AvgIpc) is 3.20. The number of benzene rings is 2. The summed E-state index contributed by atoms with van der Waals surface area (Å²) >= 11 is 1.54. The number of hydrogen-bond acceptors (Lipinski definition) is 8. The van der Waals surface area contributed by atoms with Crippen LogP contribution in [0.25, 0.3) is 22.3 Å². The average molecular weight is 394 g/mol. The number of para-hydroxylation sites is 1. The second kappa shape index (κ2) is 7.85. The first-order chi connectivity index (χ1) is 13.7. The lowest BCUT2D eigenvalue weighted by atomic mass is 10.2. The third kappa shape index (κ3) is 3.63. The summed E-state index contributed by atoms with van der Waals surface area (Å²) in [5, 5.41) is 5.99. The molecule has 0 N–H and O–H groups in total. The van der Waals surface area contributed by atoms with Gasteiger partial charge in [-0.15, -0.1) is 0 Å². The van der Waals surface area contributed by atoms with Crippen molar-refractivity contribution in [2.45, 2.75) is 17.7 Å². The zero-order valence-corrected chi connectivity index (χ0v) is 16.5. The van der Waals surface area contributed by atoms with E-state index in [1.165, 1.54) is 0 Å². The summed E-state index contributed by atoms with van der Waals surface area (Å²) in [6, 6.07) is 13.4. The fourth-order valence-corrected chi connectivity index (χ4v) is 3.71. The molecule has 0 amide bonds. The molecule has 0 atom stereocenters. The summed E-state index contributed by atoms with van der Waals surface area (Å²) in [7, 11) is 3.20. The van der Waals surface area contributed by atoms with E-state index in [0.29, 0.717) is 29.0 Å². The third-order valence-corrected chi connectivity index (χ3v) is 5.11. The molecule has 8 heteroatoms. The first-order valence-corrected chi connectivity index (χ1v) is 9.57. The summed E-state index contributed by atoms with van der Waals surface area (Å²) in [6.45, 7) is 1.89. The van der Waals surface area contributed by atoms with Crippen LogP contribution in [0, 0.1) is 6.92 Å². The van der Waals surface area contributed by atoms with Crippen LogP contribution in [0.15, 0.2) is 52.0 Å². The van der Waals surface area contributed by atoms with Gasteiger partial charge in [0.15, 0.2) is 0 Å². The van der Waals surface area contributed by atoms with E-state index in [2.05, 4.69) is 20.1 Å². The molecule has 0 spiro atoms. The monoisotopic (exact) mass is 394 g/mol. The van der Waals surface area contributed by atoms with Gasteiger partial charge in [-0.25, -0.2) is 9.97 Å². The molecular formula is C20H18N4O3S. The van der Waals surface area contributed by atoms with E-state index in [1.807, 2.05) is 43.3 Å². The van der Waals surface area contributed by atoms with Crippen LogP contribution in [0.1, 0.15) is 11.7 Å². The molecule has 0 unspecified atom stereocenters. The van der Waals surface area contributed by atoms with Crippen LogP contribution >= 0.6 is 11.8 Å². The van der Waals surface area contributed by atoms with E-state index in [9.17, 15) is 0 Å². The molecule has 7 nitrogen and oxygen atoms in total. The number of aryl methyl sites for hydroxylation is 1. The summed E-state index contributed by atoms with van der Waals surface area (Å²) in [5.41, 5.74) is 1.67. The van der Waals surface area contributed by atoms with E-state index in [1.54, 1.807) is 32.0 Å². The van der Waals surface area contributed by atoms with Crippen molar-refractivity contribution in [1.82, 2.24) is 20.1 Å². The molecule has 4 rings (SSSR count). The van der Waals surface area contributed by atoms with Crippen LogP contribution in [-0.2, 0) is 5.75 Å². The summed E-state index contributed by atoms with van der Waals surface area (Å²) < 4.78 is 16.1. The van der Waals surface area contributed by atoms with Gasteiger partial charge in [0.1, 0.15) is 22.3 Å². The number of methoxy groups -OCH3 is 2. The van der Waals surface area contributed by atoms with Crippen LogP contribution in [0.3, 0.4) is 0 Å². The Morgan fingerprint density at radius 2 is 1.86 bits per heavy atom. The van der Waals surface area contributed by atoms with Crippen LogP contribution in [-0.4, -0.2) is 34.3 Å². The molecule has 142 valence electrons. The van der Waals surface area contributed by atoms with Crippen LogP contribution in [0.2, 0.25) is 0 Å². The van der Waals surface area contributed by atoms with Crippen molar-refractivity contribution in [3.63, 3.8) is 0 Å². The Kier molecular flexibility index (Phi) is 5.12. The third-order valence-electron chi connectivity index (χ3n) is 4.13. The quantitative estimate of drug-likeness (QED) is 0.354. The molecule has 0 saturated carbocycles. The van der Waals surface area contributed by atoms with Crippen molar-refractivity contribution < 1.29 is 14.0 Å². The Bertz CT molecular complexity index is 1130. The maximum Gasteiger partial charge on any atom is 0.237 e. The van der Waals surface area contributed by atoms with E-state index in [-0.39, 0.29) is 0 Å². The topological polar surface area (TPSA) is 83.2 Å². The Morgan fingerprint density at radius 1 is 1.00 bits per heavy atom. The van der Waals surface area contributed by atoms with Gasteiger partial charge in [0.2, 0.25) is 11.7 Å². The highest BCUT2D eigenvalue weighted by molar-refractivity contribution is 7.98. The van der Waals surface area contributed by atoms with E-state index in [0.717, 1.165) is 27.3 Å². The van der Waals surface area contributed by atoms with Gasteiger partial charge in [-0.2, -0.15) is 4.98 Å². The Morgan fingerprint density at radius 3 is 2.68 bits per heavy atom. The van der Waals surface area contributed by atoms with Gasteiger partial charge in [0, 0.05) is 11.5 Å². The van der Waals surface area contributed by atoms with E-state index in [4.69, 9.17) is 14.0 Å². The highest BCUT2D eigenvalue weighted by Crippen LogP contribution is 2.33. The normalized spacial score (nSPS) is 11.0. The second-order valence-corrected chi connectivity index (χ2v) is 6.92. The summed E-state index contributed by atoms with van der Waals surface area (Å²) in [4.78, 5) is 13.5. The highest BCUT2D eigenvalue weighted by atomic mass is 32.2. The standard InChI is InChI=1S/C20H18N4O3S/c1-12-21-16-7-5-4-6-14(16)20(22-12)28-11-18-23-19(24-27-18)15-9-8-13(25-2)10-17(15)26-3/h4-10H,11H2,1-3H3. The summed E-state index contributed by atoms with van der Waals surface area (Å²) in [5.74, 6) is 3.54. The molecule has 28 heavy (non-hydrogen) atoms. The molecule has 2 aromatic heterocycles. The van der Waals surface area contributed by atoms with Gasteiger partial charge in [-0.1, -0.05) is 35.1 Å². The van der Waals surface area contributed by atoms with Crippen molar-refractivity contribution in [1.29, 1.82) is 0 Å². The van der Waals surface area contributed by atoms with Gasteiger partial charge < -0.3 is 14.0 Å². The second-order valence-electron chi connectivity index (χ2n) is 5.96. The minimum Gasteiger partial charge on any atom is -0.497 e. The molecule has 0 radical (unpaired) electrons. The molecule has 0 aliphatic rings. The number of fused-ring (bicyclic) bond motifs is 1. The van der Waals surface area contributed by atoms with E-state index < -0.39 is 0 Å². The number of ether oxygens (including phenoxy) is 2. The Balaban J connectivity index is 1.57. The van der Waals surface area contributed by atoms with Gasteiger partial charge in [-0.3, -0.25) is 0 Å². The van der Waals surface area contributed by atoms with Crippen LogP contribution in [0.5, 0.6) is 11.5 Å². The van der Waals surface area contributed by atoms with Crippen molar-refractivity contribution in [2.75, 3.05) is 14.2 Å². The SMILES string of the molecule is COc1ccc(-c2noc(CSc3nc(C)nc4ccccc34)n2)c(OC)c1. The number of thioether (sulfide) groups is 1. The van der Waals surface area contributed by atoms with E-state index >= 15 is 0 Å². The van der Waals surface area contributed by atoms with Crippen molar-refractivity contribution in [3.05, 3.63) is 54.2 Å². The smallest absolute Gasteiger partial charge is 0.237 e. The molecule has 0 fully saturated rings. The zero-order valence-electron chi connectivity index (χ0n) is 15.7. The van der Waals surface area contributed by atoms with Crippen molar-refractivity contribution >= 4 is 22.7 Å². The molecule has 0 bridgehead atoms. The predicted molar refractivity (Wildman–Crippen MR) is 107 cm³/mol. The molecule has 0 aliphatic heterocycles. The maximum atomic E-state index is 5.43. The lowest BCUT2D eigenvalue weighted by Gasteiger charge is -2.07. The number of hydrogen-bond donors (Lipinski definition) is 0. The Labute approximate surface area is 166 Å². The molecular weight excluding hydrogens is 376 g/mol. The largest absolute Gasteiger partial charge is 0.497 e. The molecule has 0 saturated heterocycles. The van der Waals surface area contributed by atoms with Crippen LogP contribution < -0.4 is 9.47 Å². The van der Waals surface area contributed by atoms with Crippen molar-refractivity contribution in [3.8, 4) is 22.9 Å². The zero-order chi connectivity index (χ0) is 19.5. The summed E-state index contributed by atoms with van der Waals surface area (Å²) in [6.07, 6.45) is 0. The maximum absolute atomic E-state index is 5.43. The van der Waals surface area contributed by atoms with Gasteiger partial charge in [0.05, 0.1) is 31.1 Å². The lowest BCUT2D eigenvalue weighted by Crippen LogP contribution is -1.93. The number of nitrogens with zero attached hydrogens (tertiary/aromatic N) is 4. The highest BCUT2D eigenvalue weighted by Gasteiger charge is 2.15. The lowest BCUT2D eigenvalue weighted by molar-refractivity contribution is 0.388. The number of aromatic nitrogens is 4. The van der Waals surface area contributed by atoms with Crippen molar-refractivity contribution in [2.24, 2.45) is 0 Å². The van der Waals surface area contributed by atoms with Crippen LogP contribution in [0.4, 0.5) is 0 Å². The minimum atomic E-state index is 0.471. The fourth-order valence-electron chi connectivity index (χ4n) is 2.80. The first kappa shape index (κ1) is 18.2. The van der Waals surface area contributed by atoms with Gasteiger partial charge in [0.25, 0.3) is 0 Å². The molecule has 2 aromatic carbocycles. The van der Waals surface area contributed by atoms with Gasteiger partial charge in [-0.05, 0) is 25.1 Å². The molecule has 2 heterocycles. The molecule has 0 aliphatic carbocycles. The minimum absolute atomic E-state index is 0.471. The van der Waals surface area contributed by atoms with Gasteiger partial charge >= 0.3 is 0 Å². The predicted octanol–water partition coefficient (Wildman–Crippen LogP) is 4.30. The first-order valence-electron chi connectivity index (χ1n) is 8.59. The fraction of sp³-hybridized carbons (Fsp3) is 0.200. The Hall–Kier alpha value is -3.13.